The van der Waals surface area contributed by atoms with Crippen LogP contribution in [0.2, 0.25) is 0 Å². The topological polar surface area (TPSA) is 138 Å². The Morgan fingerprint density at radius 1 is 0.547 bits per heavy atom. The highest BCUT2D eigenvalue weighted by molar-refractivity contribution is 5.69. The first-order chi connectivity index (χ1) is 30.8. The molecule has 0 saturated heterocycles. The van der Waals surface area contributed by atoms with Crippen LogP contribution >= 0.6 is 0 Å². The molecule has 0 amide bonds. The smallest absolute Gasteiger partial charge is 0.174 e. The minimum atomic E-state index is -1.27. The van der Waals surface area contributed by atoms with Gasteiger partial charge in [-0.25, -0.2) is 38.1 Å². The quantitative estimate of drug-likeness (QED) is 0.155. The van der Waals surface area contributed by atoms with Crippen molar-refractivity contribution in [1.82, 2.24) is 48.6 Å². The molecule has 64 heavy (non-hydrogen) atoms. The molecular weight excluding hydrogens is 811 g/mol. The third kappa shape index (κ3) is 8.49. The Hall–Kier alpha value is -7.16. The average molecular weight is 859 g/mol. The molecule has 2 aliphatic heterocycles. The predicted molar refractivity (Wildman–Crippen MR) is 241 cm³/mol. The standard InChI is InChI=1S/2C25H24FN5O/c2*1-17-14-19(4-10-22(17)30-15-18(2)27-16-30)5-11-23-28-24-25(32,12-3-13-31(24)29-23)20-6-8-21(26)9-7-20/h2*4-11,14-16,32H,3,12-13H2,1-2H3/b2*11-5+/t2*25-/m10/s1. The van der Waals surface area contributed by atoms with Crippen LogP contribution in [0.5, 0.6) is 0 Å². The van der Waals surface area contributed by atoms with Crippen LogP contribution in [-0.4, -0.2) is 58.8 Å². The number of hydrogen-bond acceptors (Lipinski definition) is 8. The van der Waals surface area contributed by atoms with Crippen molar-refractivity contribution in [3.8, 4) is 11.4 Å². The van der Waals surface area contributed by atoms with Crippen LogP contribution in [0.1, 0.15) is 93.7 Å². The molecule has 2 atom stereocenters. The fourth-order valence-corrected chi connectivity index (χ4v) is 8.57. The van der Waals surface area contributed by atoms with E-state index in [4.69, 9.17) is 0 Å². The molecule has 12 nitrogen and oxygen atoms in total. The molecule has 324 valence electrons. The van der Waals surface area contributed by atoms with Gasteiger partial charge in [0, 0.05) is 36.9 Å². The molecule has 6 heterocycles. The van der Waals surface area contributed by atoms with Gasteiger partial charge in [0.15, 0.2) is 23.3 Å². The van der Waals surface area contributed by atoms with E-state index < -0.39 is 11.2 Å². The van der Waals surface area contributed by atoms with Crippen LogP contribution in [0, 0.1) is 39.3 Å². The average Bonchev–Trinajstić information content (AvgIpc) is 4.11. The number of rotatable bonds is 8. The summed E-state index contributed by atoms with van der Waals surface area (Å²) in [7, 11) is 0. The van der Waals surface area contributed by atoms with Gasteiger partial charge in [-0.2, -0.15) is 10.2 Å². The van der Waals surface area contributed by atoms with Crippen molar-refractivity contribution in [2.24, 2.45) is 0 Å². The summed E-state index contributed by atoms with van der Waals surface area (Å²) in [6, 6.07) is 24.3. The lowest BCUT2D eigenvalue weighted by Gasteiger charge is -2.31. The van der Waals surface area contributed by atoms with Gasteiger partial charge in [0.25, 0.3) is 0 Å². The molecule has 0 saturated carbocycles. The Morgan fingerprint density at radius 3 is 1.31 bits per heavy atom. The summed E-state index contributed by atoms with van der Waals surface area (Å²) in [4.78, 5) is 17.8. The summed E-state index contributed by atoms with van der Waals surface area (Å²) in [6.45, 7) is 9.46. The summed E-state index contributed by atoms with van der Waals surface area (Å²) in [5.74, 6) is 1.41. The molecule has 0 fully saturated rings. The van der Waals surface area contributed by atoms with Gasteiger partial charge in [-0.3, -0.25) is 0 Å². The molecule has 0 radical (unpaired) electrons. The molecule has 0 bridgehead atoms. The Labute approximate surface area is 369 Å². The third-order valence-corrected chi connectivity index (χ3v) is 11.8. The van der Waals surface area contributed by atoms with Gasteiger partial charge in [-0.1, -0.05) is 48.6 Å². The number of hydrogen-bond donors (Lipinski definition) is 2. The largest absolute Gasteiger partial charge is 0.377 e. The monoisotopic (exact) mass is 858 g/mol. The van der Waals surface area contributed by atoms with E-state index >= 15 is 0 Å². The zero-order valence-corrected chi connectivity index (χ0v) is 36.1. The van der Waals surface area contributed by atoms with Crippen molar-refractivity contribution < 1.29 is 19.0 Å². The number of benzene rings is 4. The van der Waals surface area contributed by atoms with Gasteiger partial charge in [0.2, 0.25) is 0 Å². The summed E-state index contributed by atoms with van der Waals surface area (Å²) < 4.78 is 34.3. The minimum absolute atomic E-state index is 0.331. The highest BCUT2D eigenvalue weighted by atomic mass is 19.1. The van der Waals surface area contributed by atoms with Gasteiger partial charge in [0.05, 0.1) is 24.0 Å². The van der Waals surface area contributed by atoms with E-state index in [2.05, 4.69) is 68.2 Å². The van der Waals surface area contributed by atoms with Gasteiger partial charge < -0.3 is 19.3 Å². The van der Waals surface area contributed by atoms with Crippen LogP contribution in [0.25, 0.3) is 35.7 Å². The molecule has 0 aliphatic carbocycles. The molecule has 4 aromatic carbocycles. The summed E-state index contributed by atoms with van der Waals surface area (Å²) in [5, 5.41) is 31.9. The van der Waals surface area contributed by atoms with E-state index in [1.807, 2.05) is 84.5 Å². The molecule has 2 N–H and O–H groups in total. The minimum Gasteiger partial charge on any atom is -0.377 e. The second kappa shape index (κ2) is 17.2. The summed E-state index contributed by atoms with van der Waals surface area (Å²) in [6.07, 6.45) is 17.8. The van der Waals surface area contributed by atoms with E-state index in [0.717, 1.165) is 57.9 Å². The molecule has 10 rings (SSSR count). The Balaban J connectivity index is 0.000000162. The normalized spacial score (nSPS) is 18.2. The van der Waals surface area contributed by atoms with Crippen LogP contribution in [0.3, 0.4) is 0 Å². The second-order valence-corrected chi connectivity index (χ2v) is 16.6. The zero-order chi connectivity index (χ0) is 44.6. The number of halogens is 2. The number of aromatic nitrogens is 10. The highest BCUT2D eigenvalue weighted by Crippen LogP contribution is 2.38. The summed E-state index contributed by atoms with van der Waals surface area (Å²) >= 11 is 0. The number of aliphatic hydroxyl groups is 2. The van der Waals surface area contributed by atoms with Crippen molar-refractivity contribution in [3.05, 3.63) is 190 Å². The number of fused-ring (bicyclic) bond motifs is 2. The van der Waals surface area contributed by atoms with Crippen molar-refractivity contribution in [2.75, 3.05) is 0 Å². The number of aryl methyl sites for hydroxylation is 6. The fraction of sp³-hybridized carbons (Fsp3) is 0.240. The lowest BCUT2D eigenvalue weighted by Crippen LogP contribution is -2.35. The van der Waals surface area contributed by atoms with E-state index in [9.17, 15) is 19.0 Å². The number of imidazole rings is 2. The van der Waals surface area contributed by atoms with Crippen LogP contribution < -0.4 is 0 Å². The van der Waals surface area contributed by atoms with Gasteiger partial charge >= 0.3 is 0 Å². The maximum atomic E-state index is 13.4. The summed E-state index contributed by atoms with van der Waals surface area (Å²) in [5.41, 5.74) is 7.16. The SMILES string of the molecule is Cc1cn(-c2ccc(/C=C/c3nc4n(n3)CCC[C@@]4(O)c3ccc(F)cc3)cc2C)cn1.Cc1cn(-c2ccc(/C=C/c3nc4n(n3)CCC[C@]4(O)c3ccc(F)cc3)cc2C)cn1. The van der Waals surface area contributed by atoms with Crippen LogP contribution in [0.4, 0.5) is 8.78 Å². The van der Waals surface area contributed by atoms with Crippen molar-refractivity contribution in [3.63, 3.8) is 0 Å². The molecule has 14 heteroatoms. The third-order valence-electron chi connectivity index (χ3n) is 11.8. The fourth-order valence-electron chi connectivity index (χ4n) is 8.57. The first-order valence-corrected chi connectivity index (χ1v) is 21.3. The Bertz CT molecular complexity index is 2810. The Morgan fingerprint density at radius 2 is 0.953 bits per heavy atom. The second-order valence-electron chi connectivity index (χ2n) is 16.6. The molecule has 2 aliphatic rings. The van der Waals surface area contributed by atoms with Crippen LogP contribution in [-0.2, 0) is 24.3 Å². The molecule has 4 aromatic heterocycles. The first kappa shape index (κ1) is 42.2. The van der Waals surface area contributed by atoms with Gasteiger partial charge in [0.1, 0.15) is 22.8 Å². The van der Waals surface area contributed by atoms with Crippen molar-refractivity contribution in [2.45, 2.75) is 77.7 Å². The Kier molecular flexibility index (Phi) is 11.3. The van der Waals surface area contributed by atoms with E-state index in [1.54, 1.807) is 33.6 Å². The van der Waals surface area contributed by atoms with E-state index in [1.165, 1.54) is 24.3 Å². The molecule has 8 aromatic rings. The number of nitrogens with zero attached hydrogens (tertiary/aromatic N) is 10. The van der Waals surface area contributed by atoms with E-state index in [-0.39, 0.29) is 11.6 Å². The van der Waals surface area contributed by atoms with Crippen LogP contribution in [0.15, 0.2) is 110 Å². The first-order valence-electron chi connectivity index (χ1n) is 21.3. The maximum absolute atomic E-state index is 13.4. The molecular formula is C50H48F2N10O2. The lowest BCUT2D eigenvalue weighted by molar-refractivity contribution is 0.0392. The predicted octanol–water partition coefficient (Wildman–Crippen LogP) is 8.84. The lowest BCUT2D eigenvalue weighted by atomic mass is 9.86. The van der Waals surface area contributed by atoms with Crippen molar-refractivity contribution in [1.29, 1.82) is 0 Å². The molecule has 0 spiro atoms. The van der Waals surface area contributed by atoms with E-state index in [0.29, 0.717) is 60.4 Å². The van der Waals surface area contributed by atoms with Crippen molar-refractivity contribution >= 4 is 24.3 Å². The maximum Gasteiger partial charge on any atom is 0.174 e. The van der Waals surface area contributed by atoms with Gasteiger partial charge in [-0.05, 0) is 147 Å². The van der Waals surface area contributed by atoms with Gasteiger partial charge in [-0.15, -0.1) is 0 Å². The zero-order valence-electron chi connectivity index (χ0n) is 36.1. The molecule has 0 unspecified atom stereocenters. The highest BCUT2D eigenvalue weighted by Gasteiger charge is 2.40.